The maximum atomic E-state index is 9.00. The minimum absolute atomic E-state index is 0.00287. The van der Waals surface area contributed by atoms with Crippen molar-refractivity contribution < 1.29 is 0 Å². The Morgan fingerprint density at radius 1 is 1.14 bits per heavy atom. The van der Waals surface area contributed by atoms with Gasteiger partial charge in [0.1, 0.15) is 6.07 Å². The van der Waals surface area contributed by atoms with Crippen LogP contribution in [-0.4, -0.2) is 20.8 Å². The molecule has 4 rings (SSSR count). The molecule has 144 valence electrons. The van der Waals surface area contributed by atoms with Crippen LogP contribution in [0.5, 0.6) is 0 Å². The Bertz CT molecular complexity index is 1190. The van der Waals surface area contributed by atoms with Crippen molar-refractivity contribution in [3.8, 4) is 17.3 Å². The summed E-state index contributed by atoms with van der Waals surface area (Å²) in [7, 11) is 0. The Hall–Kier alpha value is -3.20. The van der Waals surface area contributed by atoms with Crippen LogP contribution >= 0.6 is 11.6 Å². The summed E-state index contributed by atoms with van der Waals surface area (Å²) < 4.78 is 1.86. The summed E-state index contributed by atoms with van der Waals surface area (Å²) >= 11 is 6.13. The van der Waals surface area contributed by atoms with Gasteiger partial charge in [-0.1, -0.05) is 29.8 Å². The minimum Gasteiger partial charge on any atom is -0.326 e. The topological polar surface area (TPSA) is 80.5 Å². The molecule has 0 fully saturated rings. The van der Waals surface area contributed by atoms with Gasteiger partial charge in [-0.3, -0.25) is 9.67 Å². The van der Waals surface area contributed by atoms with Gasteiger partial charge in [-0.25, -0.2) is 0 Å². The first-order chi connectivity index (χ1) is 14.1. The highest BCUT2D eigenvalue weighted by Gasteiger charge is 2.09. The third-order valence-electron chi connectivity index (χ3n) is 4.92. The van der Waals surface area contributed by atoms with Gasteiger partial charge in [0.15, 0.2) is 0 Å². The number of nitrogens with zero attached hydrogens (tertiary/aromatic N) is 4. The summed E-state index contributed by atoms with van der Waals surface area (Å²) in [4.78, 5) is 4.36. The summed E-state index contributed by atoms with van der Waals surface area (Å²) in [6, 6.07) is 19.7. The standard InChI is InChI=1S/C23H20ClN5/c24-21-13-18(5-6-19(21)14-25)23-9-11-29(28-23)15-20(26)7-3-16-4-8-22-17(12-16)2-1-10-27-22/h1-2,4-6,8-13,20H,3,7,15,26H2/t20-/m1/s1. The van der Waals surface area contributed by atoms with Crippen LogP contribution in [0.1, 0.15) is 17.5 Å². The minimum atomic E-state index is -0.00287. The van der Waals surface area contributed by atoms with Crippen LogP contribution in [0.25, 0.3) is 22.2 Å². The zero-order valence-electron chi connectivity index (χ0n) is 15.8. The molecule has 0 unspecified atom stereocenters. The molecule has 2 aromatic heterocycles. The number of hydrogen-bond donors (Lipinski definition) is 1. The Morgan fingerprint density at radius 2 is 2.03 bits per heavy atom. The maximum Gasteiger partial charge on any atom is 0.101 e. The van der Waals surface area contributed by atoms with E-state index in [1.807, 2.05) is 35.3 Å². The number of rotatable bonds is 6. The number of aromatic nitrogens is 3. The van der Waals surface area contributed by atoms with Gasteiger partial charge in [0.25, 0.3) is 0 Å². The Kier molecular flexibility index (Phi) is 5.57. The lowest BCUT2D eigenvalue weighted by molar-refractivity contribution is 0.487. The number of nitriles is 1. The molecule has 0 radical (unpaired) electrons. The number of hydrogen-bond acceptors (Lipinski definition) is 4. The van der Waals surface area contributed by atoms with Gasteiger partial charge in [-0.15, -0.1) is 0 Å². The van der Waals surface area contributed by atoms with E-state index < -0.39 is 0 Å². The van der Waals surface area contributed by atoms with E-state index in [9.17, 15) is 0 Å². The van der Waals surface area contributed by atoms with Gasteiger partial charge in [-0.05, 0) is 54.8 Å². The molecule has 2 heterocycles. The first-order valence-electron chi connectivity index (χ1n) is 9.45. The van der Waals surface area contributed by atoms with Gasteiger partial charge in [0.2, 0.25) is 0 Å². The Labute approximate surface area is 174 Å². The fraction of sp³-hybridized carbons (Fsp3) is 0.174. The van der Waals surface area contributed by atoms with E-state index in [-0.39, 0.29) is 6.04 Å². The molecule has 0 aliphatic carbocycles. The summed E-state index contributed by atoms with van der Waals surface area (Å²) in [5, 5.41) is 15.2. The molecule has 0 aliphatic heterocycles. The van der Waals surface area contributed by atoms with Crippen LogP contribution in [-0.2, 0) is 13.0 Å². The van der Waals surface area contributed by atoms with Crippen LogP contribution in [0.4, 0.5) is 0 Å². The normalized spacial score (nSPS) is 12.0. The average molecular weight is 402 g/mol. The predicted molar refractivity (Wildman–Crippen MR) is 115 cm³/mol. The van der Waals surface area contributed by atoms with Crippen molar-refractivity contribution in [3.63, 3.8) is 0 Å². The average Bonchev–Trinajstić information content (AvgIpc) is 3.20. The second-order valence-corrected chi connectivity index (χ2v) is 7.47. The monoisotopic (exact) mass is 401 g/mol. The highest BCUT2D eigenvalue weighted by Crippen LogP contribution is 2.24. The van der Waals surface area contributed by atoms with E-state index in [1.165, 1.54) is 5.56 Å². The fourth-order valence-electron chi connectivity index (χ4n) is 3.35. The molecule has 6 heteroatoms. The number of nitrogens with two attached hydrogens (primary N) is 1. The summed E-state index contributed by atoms with van der Waals surface area (Å²) in [6.45, 7) is 0.638. The van der Waals surface area contributed by atoms with E-state index >= 15 is 0 Å². The van der Waals surface area contributed by atoms with Gasteiger partial charge < -0.3 is 5.73 Å². The van der Waals surface area contributed by atoms with Crippen molar-refractivity contribution in [3.05, 3.63) is 83.1 Å². The molecule has 2 N–H and O–H groups in total. The molecular formula is C23H20ClN5. The molecule has 29 heavy (non-hydrogen) atoms. The zero-order valence-corrected chi connectivity index (χ0v) is 16.5. The predicted octanol–water partition coefficient (Wildman–Crippen LogP) is 4.58. The lowest BCUT2D eigenvalue weighted by atomic mass is 10.0. The van der Waals surface area contributed by atoms with E-state index in [1.54, 1.807) is 12.1 Å². The quantitative estimate of drug-likeness (QED) is 0.512. The molecule has 4 aromatic rings. The van der Waals surface area contributed by atoms with Crippen molar-refractivity contribution in [2.24, 2.45) is 5.73 Å². The summed E-state index contributed by atoms with van der Waals surface area (Å²) in [6.07, 6.45) is 5.50. The number of fused-ring (bicyclic) bond motifs is 1. The fourth-order valence-corrected chi connectivity index (χ4v) is 3.57. The van der Waals surface area contributed by atoms with Crippen LogP contribution < -0.4 is 5.73 Å². The smallest absolute Gasteiger partial charge is 0.101 e. The lowest BCUT2D eigenvalue weighted by Crippen LogP contribution is -2.27. The highest BCUT2D eigenvalue weighted by molar-refractivity contribution is 6.32. The van der Waals surface area contributed by atoms with E-state index in [0.29, 0.717) is 17.1 Å². The third-order valence-corrected chi connectivity index (χ3v) is 5.23. The molecule has 0 saturated heterocycles. The SMILES string of the molecule is N#Cc1ccc(-c2ccn(C[C@H](N)CCc3ccc4ncccc4c3)n2)cc1Cl. The maximum absolute atomic E-state index is 9.00. The number of pyridine rings is 1. The van der Waals surface area contributed by atoms with Crippen molar-refractivity contribution in [1.29, 1.82) is 5.26 Å². The van der Waals surface area contributed by atoms with E-state index in [4.69, 9.17) is 22.6 Å². The van der Waals surface area contributed by atoms with Gasteiger partial charge in [-0.2, -0.15) is 10.4 Å². The largest absolute Gasteiger partial charge is 0.326 e. The van der Waals surface area contributed by atoms with Crippen molar-refractivity contribution in [2.75, 3.05) is 0 Å². The third kappa shape index (κ3) is 4.45. The number of halogens is 1. The zero-order chi connectivity index (χ0) is 20.2. The first kappa shape index (κ1) is 19.1. The molecule has 0 amide bonds. The Morgan fingerprint density at radius 3 is 2.86 bits per heavy atom. The molecule has 0 bridgehead atoms. The van der Waals surface area contributed by atoms with Crippen LogP contribution in [0, 0.1) is 11.3 Å². The van der Waals surface area contributed by atoms with Crippen LogP contribution in [0.2, 0.25) is 5.02 Å². The van der Waals surface area contributed by atoms with Gasteiger partial charge >= 0.3 is 0 Å². The van der Waals surface area contributed by atoms with E-state index in [0.717, 1.165) is 35.0 Å². The van der Waals surface area contributed by atoms with Gasteiger partial charge in [0, 0.05) is 29.4 Å². The molecule has 0 aliphatic rings. The molecule has 1 atom stereocenters. The van der Waals surface area contributed by atoms with Crippen LogP contribution in [0.15, 0.2) is 67.0 Å². The van der Waals surface area contributed by atoms with Crippen molar-refractivity contribution in [2.45, 2.75) is 25.4 Å². The van der Waals surface area contributed by atoms with Gasteiger partial charge in [0.05, 0.1) is 28.3 Å². The first-order valence-corrected chi connectivity index (χ1v) is 9.83. The second kappa shape index (κ2) is 8.44. The van der Waals surface area contributed by atoms with Crippen molar-refractivity contribution in [1.82, 2.24) is 14.8 Å². The second-order valence-electron chi connectivity index (χ2n) is 7.06. The summed E-state index contributed by atoms with van der Waals surface area (Å²) in [5.74, 6) is 0. The molecular weight excluding hydrogens is 382 g/mol. The van der Waals surface area contributed by atoms with E-state index in [2.05, 4.69) is 40.4 Å². The number of benzene rings is 2. The van der Waals surface area contributed by atoms with Crippen LogP contribution in [0.3, 0.4) is 0 Å². The molecule has 0 spiro atoms. The molecule has 2 aromatic carbocycles. The highest BCUT2D eigenvalue weighted by atomic mass is 35.5. The Balaban J connectivity index is 1.38. The summed E-state index contributed by atoms with van der Waals surface area (Å²) in [5.41, 5.74) is 10.8. The lowest BCUT2D eigenvalue weighted by Gasteiger charge is -2.12. The molecule has 0 saturated carbocycles. The molecule has 5 nitrogen and oxygen atoms in total. The van der Waals surface area contributed by atoms with Crippen molar-refractivity contribution >= 4 is 22.5 Å². The number of aryl methyl sites for hydroxylation is 1.